The molecular formula is C20H18FN5O2S. The first kappa shape index (κ1) is 19.0. The highest BCUT2D eigenvalue weighted by molar-refractivity contribution is 7.20. The van der Waals surface area contributed by atoms with E-state index in [9.17, 15) is 9.18 Å². The zero-order valence-electron chi connectivity index (χ0n) is 15.6. The third-order valence-electron chi connectivity index (χ3n) is 4.11. The average molecular weight is 411 g/mol. The van der Waals surface area contributed by atoms with Crippen LogP contribution in [0.1, 0.15) is 24.6 Å². The first-order valence-electron chi connectivity index (χ1n) is 9.12. The second kappa shape index (κ2) is 8.36. The largest absolute Gasteiger partial charge is 0.453 e. The SMILES string of the molecule is CCCc1cc(=O)n2nc(NCc3ccc(Oc4cccnc4)c(F)c3)sc2n1. The van der Waals surface area contributed by atoms with E-state index in [2.05, 4.69) is 20.4 Å². The number of benzene rings is 1. The van der Waals surface area contributed by atoms with Crippen LogP contribution in [0.5, 0.6) is 11.5 Å². The van der Waals surface area contributed by atoms with Gasteiger partial charge in [0.25, 0.3) is 5.56 Å². The fourth-order valence-electron chi connectivity index (χ4n) is 2.76. The van der Waals surface area contributed by atoms with E-state index in [0.717, 1.165) is 18.5 Å². The second-order valence-electron chi connectivity index (χ2n) is 6.35. The van der Waals surface area contributed by atoms with Crippen molar-refractivity contribution in [3.8, 4) is 11.5 Å². The van der Waals surface area contributed by atoms with Gasteiger partial charge in [-0.15, -0.1) is 5.10 Å². The van der Waals surface area contributed by atoms with Gasteiger partial charge in [-0.25, -0.2) is 9.37 Å². The van der Waals surface area contributed by atoms with Crippen molar-refractivity contribution in [1.82, 2.24) is 19.6 Å². The molecule has 0 aliphatic rings. The van der Waals surface area contributed by atoms with E-state index in [4.69, 9.17) is 4.74 Å². The van der Waals surface area contributed by atoms with Crippen molar-refractivity contribution in [3.63, 3.8) is 0 Å². The molecule has 7 nitrogen and oxygen atoms in total. The van der Waals surface area contributed by atoms with E-state index in [1.54, 1.807) is 30.5 Å². The van der Waals surface area contributed by atoms with Gasteiger partial charge in [0, 0.05) is 24.5 Å². The number of aromatic nitrogens is 4. The maximum atomic E-state index is 14.4. The highest BCUT2D eigenvalue weighted by atomic mass is 32.1. The van der Waals surface area contributed by atoms with Crippen LogP contribution in [0.25, 0.3) is 4.96 Å². The lowest BCUT2D eigenvalue weighted by molar-refractivity contribution is 0.440. The van der Waals surface area contributed by atoms with Crippen LogP contribution in [0.15, 0.2) is 53.6 Å². The van der Waals surface area contributed by atoms with Gasteiger partial charge in [-0.3, -0.25) is 9.78 Å². The molecule has 4 aromatic rings. The van der Waals surface area contributed by atoms with Crippen molar-refractivity contribution >= 4 is 21.4 Å². The van der Waals surface area contributed by atoms with Crippen LogP contribution >= 0.6 is 11.3 Å². The Kier molecular flexibility index (Phi) is 5.48. The van der Waals surface area contributed by atoms with Gasteiger partial charge in [-0.05, 0) is 36.2 Å². The van der Waals surface area contributed by atoms with E-state index in [1.165, 1.54) is 34.2 Å². The van der Waals surface area contributed by atoms with Crippen LogP contribution in [-0.2, 0) is 13.0 Å². The van der Waals surface area contributed by atoms with Crippen LogP contribution in [0.2, 0.25) is 0 Å². The number of halogens is 1. The minimum Gasteiger partial charge on any atom is -0.453 e. The van der Waals surface area contributed by atoms with Crippen molar-refractivity contribution in [3.05, 3.63) is 76.2 Å². The van der Waals surface area contributed by atoms with Crippen LogP contribution in [0.4, 0.5) is 9.52 Å². The van der Waals surface area contributed by atoms with E-state index >= 15 is 0 Å². The van der Waals surface area contributed by atoms with Crippen molar-refractivity contribution in [2.75, 3.05) is 5.32 Å². The van der Waals surface area contributed by atoms with Crippen molar-refractivity contribution in [1.29, 1.82) is 0 Å². The highest BCUT2D eigenvalue weighted by Crippen LogP contribution is 2.25. The molecule has 0 aliphatic heterocycles. The number of fused-ring (bicyclic) bond motifs is 1. The number of aryl methyl sites for hydroxylation is 1. The Morgan fingerprint density at radius 3 is 2.93 bits per heavy atom. The van der Waals surface area contributed by atoms with E-state index < -0.39 is 5.82 Å². The van der Waals surface area contributed by atoms with Crippen LogP contribution in [0.3, 0.4) is 0 Å². The molecule has 0 aliphatic carbocycles. The zero-order valence-corrected chi connectivity index (χ0v) is 16.4. The van der Waals surface area contributed by atoms with E-state index in [1.807, 2.05) is 6.92 Å². The molecule has 0 spiro atoms. The number of ether oxygens (including phenoxy) is 1. The average Bonchev–Trinajstić information content (AvgIpc) is 3.13. The first-order chi connectivity index (χ1) is 14.1. The number of hydrogen-bond acceptors (Lipinski definition) is 7. The summed E-state index contributed by atoms with van der Waals surface area (Å²) in [6.45, 7) is 2.38. The van der Waals surface area contributed by atoms with Crippen molar-refractivity contribution in [2.45, 2.75) is 26.3 Å². The van der Waals surface area contributed by atoms with Gasteiger partial charge in [0.05, 0.1) is 6.20 Å². The van der Waals surface area contributed by atoms with Gasteiger partial charge in [-0.1, -0.05) is 30.7 Å². The summed E-state index contributed by atoms with van der Waals surface area (Å²) in [5.41, 5.74) is 1.27. The summed E-state index contributed by atoms with van der Waals surface area (Å²) >= 11 is 1.28. The van der Waals surface area contributed by atoms with Gasteiger partial charge in [-0.2, -0.15) is 4.52 Å². The van der Waals surface area contributed by atoms with Gasteiger partial charge in [0.2, 0.25) is 10.1 Å². The lowest BCUT2D eigenvalue weighted by Gasteiger charge is -2.08. The number of rotatable bonds is 7. The smallest absolute Gasteiger partial charge is 0.275 e. The molecule has 9 heteroatoms. The van der Waals surface area contributed by atoms with Gasteiger partial charge in [0.1, 0.15) is 5.75 Å². The summed E-state index contributed by atoms with van der Waals surface area (Å²) in [5.74, 6) is 0.118. The molecule has 3 aromatic heterocycles. The summed E-state index contributed by atoms with van der Waals surface area (Å²) in [4.78, 5) is 21.1. The van der Waals surface area contributed by atoms with Gasteiger partial charge >= 0.3 is 0 Å². The quantitative estimate of drug-likeness (QED) is 0.494. The molecule has 1 N–H and O–H groups in total. The predicted molar refractivity (Wildman–Crippen MR) is 109 cm³/mol. The van der Waals surface area contributed by atoms with E-state index in [-0.39, 0.29) is 11.3 Å². The third kappa shape index (κ3) is 4.40. The second-order valence-corrected chi connectivity index (χ2v) is 7.30. The summed E-state index contributed by atoms with van der Waals surface area (Å²) in [7, 11) is 0. The van der Waals surface area contributed by atoms with Gasteiger partial charge in [0.15, 0.2) is 11.6 Å². The van der Waals surface area contributed by atoms with Crippen LogP contribution in [0, 0.1) is 5.82 Å². The molecule has 0 radical (unpaired) electrons. The summed E-state index contributed by atoms with van der Waals surface area (Å²) in [6.07, 6.45) is 4.80. The fraction of sp³-hybridized carbons (Fsp3) is 0.200. The molecule has 148 valence electrons. The van der Waals surface area contributed by atoms with Crippen LogP contribution < -0.4 is 15.6 Å². The molecule has 0 atom stereocenters. The molecule has 0 saturated heterocycles. The van der Waals surface area contributed by atoms with Crippen molar-refractivity contribution < 1.29 is 9.13 Å². The Morgan fingerprint density at radius 1 is 1.28 bits per heavy atom. The summed E-state index contributed by atoms with van der Waals surface area (Å²) in [5, 5.41) is 7.90. The molecule has 29 heavy (non-hydrogen) atoms. The lowest BCUT2D eigenvalue weighted by atomic mass is 10.2. The Balaban J connectivity index is 1.47. The Labute approximate surface area is 169 Å². The molecule has 0 fully saturated rings. The lowest BCUT2D eigenvalue weighted by Crippen LogP contribution is -2.15. The number of anilines is 1. The molecule has 3 heterocycles. The predicted octanol–water partition coefficient (Wildman–Crippen LogP) is 4.04. The monoisotopic (exact) mass is 411 g/mol. The maximum absolute atomic E-state index is 14.4. The Morgan fingerprint density at radius 2 is 2.17 bits per heavy atom. The molecule has 0 amide bonds. The van der Waals surface area contributed by atoms with E-state index in [0.29, 0.717) is 28.0 Å². The molecular weight excluding hydrogens is 393 g/mol. The number of hydrogen-bond donors (Lipinski definition) is 1. The number of nitrogens with one attached hydrogen (secondary N) is 1. The molecule has 1 aromatic carbocycles. The minimum atomic E-state index is -0.473. The first-order valence-corrected chi connectivity index (χ1v) is 9.94. The van der Waals surface area contributed by atoms with Crippen molar-refractivity contribution in [2.24, 2.45) is 0 Å². The van der Waals surface area contributed by atoms with Crippen LogP contribution in [-0.4, -0.2) is 19.6 Å². The molecule has 0 bridgehead atoms. The molecule has 0 unspecified atom stereocenters. The molecule has 4 rings (SSSR count). The summed E-state index contributed by atoms with van der Waals surface area (Å²) < 4.78 is 21.1. The van der Waals surface area contributed by atoms with Gasteiger partial charge < -0.3 is 10.1 Å². The zero-order chi connectivity index (χ0) is 20.2. The topological polar surface area (TPSA) is 81.4 Å². The number of pyridine rings is 1. The minimum absolute atomic E-state index is 0.126. The maximum Gasteiger partial charge on any atom is 0.275 e. The Bertz CT molecular complexity index is 1190. The number of nitrogens with zero attached hydrogens (tertiary/aromatic N) is 4. The summed E-state index contributed by atoms with van der Waals surface area (Å²) in [6, 6.07) is 9.66. The standard InChI is InChI=1S/C20H18FN5O2S/c1-2-4-14-10-18(27)26-20(24-14)29-19(25-26)23-11-13-6-7-17(16(21)9-13)28-15-5-3-8-22-12-15/h3,5-10,12H,2,4,11H2,1H3,(H,23,25). The fourth-order valence-corrected chi connectivity index (χ4v) is 3.58. The molecule has 0 saturated carbocycles. The third-order valence-corrected chi connectivity index (χ3v) is 4.97. The highest BCUT2D eigenvalue weighted by Gasteiger charge is 2.10. The Hall–Kier alpha value is -3.33. The normalized spacial score (nSPS) is 11.0.